The van der Waals surface area contributed by atoms with Crippen molar-refractivity contribution in [3.8, 4) is 5.75 Å². The molecule has 1 aliphatic rings. The van der Waals surface area contributed by atoms with E-state index in [9.17, 15) is 18.0 Å². The zero-order chi connectivity index (χ0) is 20.5. The van der Waals surface area contributed by atoms with Crippen LogP contribution < -0.4 is 14.4 Å². The van der Waals surface area contributed by atoms with Gasteiger partial charge in [0.25, 0.3) is 5.91 Å². The van der Waals surface area contributed by atoms with Crippen LogP contribution in [0.4, 0.5) is 5.69 Å². The van der Waals surface area contributed by atoms with E-state index in [-0.39, 0.29) is 28.6 Å². The summed E-state index contributed by atoms with van der Waals surface area (Å²) in [6, 6.07) is 11.4. The van der Waals surface area contributed by atoms with E-state index < -0.39 is 27.8 Å². The van der Waals surface area contributed by atoms with Crippen LogP contribution in [0.15, 0.2) is 42.5 Å². The van der Waals surface area contributed by atoms with Gasteiger partial charge in [0.05, 0.1) is 35.1 Å². The molecule has 3 rings (SSSR count). The number of hydrogen-bond acceptors (Lipinski definition) is 5. The number of nitrogens with zero attached hydrogens (tertiary/aromatic N) is 1. The summed E-state index contributed by atoms with van der Waals surface area (Å²) >= 11 is 6.20. The number of anilines is 1. The lowest BCUT2D eigenvalue weighted by molar-refractivity contribution is -0.119. The summed E-state index contributed by atoms with van der Waals surface area (Å²) in [4.78, 5) is 24.7. The van der Waals surface area contributed by atoms with Crippen LogP contribution in [0.5, 0.6) is 5.75 Å². The van der Waals surface area contributed by atoms with Crippen molar-refractivity contribution >= 4 is 39.1 Å². The van der Waals surface area contributed by atoms with Gasteiger partial charge in [0, 0.05) is 12.1 Å². The average Bonchev–Trinajstić information content (AvgIpc) is 2.86. The summed E-state index contributed by atoms with van der Waals surface area (Å²) in [5.41, 5.74) is 1.10. The van der Waals surface area contributed by atoms with E-state index in [1.54, 1.807) is 20.1 Å². The second kappa shape index (κ2) is 7.81. The van der Waals surface area contributed by atoms with Gasteiger partial charge >= 0.3 is 0 Å². The van der Waals surface area contributed by atoms with Gasteiger partial charge in [-0.05, 0) is 24.3 Å². The van der Waals surface area contributed by atoms with Gasteiger partial charge < -0.3 is 10.1 Å². The van der Waals surface area contributed by atoms with Crippen molar-refractivity contribution in [1.82, 2.24) is 5.32 Å². The minimum atomic E-state index is -3.73. The lowest BCUT2D eigenvalue weighted by atomic mass is 10.1. The molecule has 0 aromatic heterocycles. The summed E-state index contributed by atoms with van der Waals surface area (Å²) in [5, 5.41) is 2.80. The minimum absolute atomic E-state index is 0.0533. The van der Waals surface area contributed by atoms with Crippen LogP contribution in [0.1, 0.15) is 22.8 Å². The van der Waals surface area contributed by atoms with Gasteiger partial charge in [0.15, 0.2) is 0 Å². The molecule has 7 nitrogen and oxygen atoms in total. The maximum absolute atomic E-state index is 12.5. The Bertz CT molecular complexity index is 1040. The van der Waals surface area contributed by atoms with E-state index in [0.29, 0.717) is 5.75 Å². The highest BCUT2D eigenvalue weighted by Crippen LogP contribution is 2.31. The highest BCUT2D eigenvalue weighted by Gasteiger charge is 2.42. The lowest BCUT2D eigenvalue weighted by Gasteiger charge is -2.16. The maximum Gasteiger partial charge on any atom is 0.253 e. The number of ether oxygens (including phenoxy) is 1. The van der Waals surface area contributed by atoms with Crippen molar-refractivity contribution in [3.05, 3.63) is 58.6 Å². The first-order valence-electron chi connectivity index (χ1n) is 8.51. The van der Waals surface area contributed by atoms with E-state index in [4.69, 9.17) is 16.3 Å². The minimum Gasteiger partial charge on any atom is -0.496 e. The number of methoxy groups -OCH3 is 1. The molecular formula is C19H19ClN2O5S. The fraction of sp³-hybridized carbons (Fsp3) is 0.263. The van der Waals surface area contributed by atoms with Crippen molar-refractivity contribution in [1.29, 1.82) is 0 Å². The summed E-state index contributed by atoms with van der Waals surface area (Å²) in [7, 11) is -2.19. The predicted octanol–water partition coefficient (Wildman–Crippen LogP) is 2.59. The van der Waals surface area contributed by atoms with Crippen LogP contribution in [0, 0.1) is 5.92 Å². The van der Waals surface area contributed by atoms with E-state index in [2.05, 4.69) is 5.32 Å². The van der Waals surface area contributed by atoms with Crippen molar-refractivity contribution in [2.45, 2.75) is 13.5 Å². The first kappa shape index (κ1) is 20.2. The normalized spacial score (nSPS) is 18.2. The third kappa shape index (κ3) is 3.83. The van der Waals surface area contributed by atoms with Crippen molar-refractivity contribution in [3.63, 3.8) is 0 Å². The van der Waals surface area contributed by atoms with Crippen LogP contribution in [-0.4, -0.2) is 33.1 Å². The van der Waals surface area contributed by atoms with Crippen LogP contribution in [0.3, 0.4) is 0 Å². The third-order valence-electron chi connectivity index (χ3n) is 4.42. The van der Waals surface area contributed by atoms with Gasteiger partial charge in [-0.2, -0.15) is 0 Å². The van der Waals surface area contributed by atoms with E-state index >= 15 is 0 Å². The van der Waals surface area contributed by atoms with Crippen LogP contribution in [0.2, 0.25) is 5.02 Å². The molecule has 0 unspecified atom stereocenters. The Morgan fingerprint density at radius 1 is 1.29 bits per heavy atom. The second-order valence-electron chi connectivity index (χ2n) is 6.44. The second-order valence-corrected chi connectivity index (χ2v) is 8.71. The molecule has 0 spiro atoms. The summed E-state index contributed by atoms with van der Waals surface area (Å²) in [6.07, 6.45) is 0. The first-order chi connectivity index (χ1) is 13.2. The fourth-order valence-electron chi connectivity index (χ4n) is 3.02. The topological polar surface area (TPSA) is 92.8 Å². The Morgan fingerprint density at radius 3 is 2.61 bits per heavy atom. The molecular weight excluding hydrogens is 404 g/mol. The molecule has 1 saturated heterocycles. The van der Waals surface area contributed by atoms with Gasteiger partial charge in [0.1, 0.15) is 5.75 Å². The summed E-state index contributed by atoms with van der Waals surface area (Å²) in [6.45, 7) is 1.79. The molecule has 1 aliphatic heterocycles. The summed E-state index contributed by atoms with van der Waals surface area (Å²) in [5.74, 6) is -1.15. The quantitative estimate of drug-likeness (QED) is 0.799. The zero-order valence-electron chi connectivity index (χ0n) is 15.3. The molecule has 1 N–H and O–H groups in total. The number of carbonyl (C=O) groups is 2. The number of halogens is 1. The fourth-order valence-corrected chi connectivity index (χ4v) is 5.09. The van der Waals surface area contributed by atoms with Crippen LogP contribution in [0.25, 0.3) is 0 Å². The Labute approximate surface area is 168 Å². The van der Waals surface area contributed by atoms with Gasteiger partial charge in [0.2, 0.25) is 15.9 Å². The number of carbonyl (C=O) groups excluding carboxylic acids is 2. The Hall–Kier alpha value is -2.58. The molecule has 1 fully saturated rings. The monoisotopic (exact) mass is 422 g/mol. The Balaban J connectivity index is 1.79. The Kier molecular flexibility index (Phi) is 5.62. The first-order valence-corrected chi connectivity index (χ1v) is 10.5. The molecule has 2 amide bonds. The van der Waals surface area contributed by atoms with Crippen LogP contribution >= 0.6 is 11.6 Å². The van der Waals surface area contributed by atoms with E-state index in [1.165, 1.54) is 18.2 Å². The molecule has 28 heavy (non-hydrogen) atoms. The number of amides is 2. The van der Waals surface area contributed by atoms with Gasteiger partial charge in [-0.3, -0.25) is 9.59 Å². The standard InChI is InChI=1S/C19H19ClN2O5S/c1-12-11-28(25,26)22(19(12)24)14-7-8-15(16(20)9-14)18(23)21-10-13-5-3-4-6-17(13)27-2/h3-9,12H,10-11H2,1-2H3,(H,21,23)/t12-/m1/s1. The van der Waals surface area contributed by atoms with Gasteiger partial charge in [-0.15, -0.1) is 0 Å². The largest absolute Gasteiger partial charge is 0.496 e. The van der Waals surface area contributed by atoms with Crippen molar-refractivity contribution in [2.24, 2.45) is 5.92 Å². The van der Waals surface area contributed by atoms with Gasteiger partial charge in [-0.1, -0.05) is 36.7 Å². The SMILES string of the molecule is COc1ccccc1CNC(=O)c1ccc(N2C(=O)[C@H](C)CS2(=O)=O)cc1Cl. The lowest BCUT2D eigenvalue weighted by Crippen LogP contribution is -2.30. The molecule has 1 heterocycles. The number of benzene rings is 2. The molecule has 0 aliphatic carbocycles. The third-order valence-corrected chi connectivity index (χ3v) is 6.61. The maximum atomic E-state index is 12.5. The number of nitrogens with one attached hydrogen (secondary N) is 1. The molecule has 0 radical (unpaired) electrons. The molecule has 2 aromatic rings. The van der Waals surface area contributed by atoms with E-state index in [0.717, 1.165) is 9.87 Å². The smallest absolute Gasteiger partial charge is 0.253 e. The zero-order valence-corrected chi connectivity index (χ0v) is 16.9. The number of rotatable bonds is 5. The molecule has 9 heteroatoms. The molecule has 2 aromatic carbocycles. The van der Waals surface area contributed by atoms with E-state index in [1.807, 2.05) is 18.2 Å². The predicted molar refractivity (Wildman–Crippen MR) is 106 cm³/mol. The van der Waals surface area contributed by atoms with Crippen molar-refractivity contribution in [2.75, 3.05) is 17.2 Å². The number of hydrogen-bond donors (Lipinski definition) is 1. The summed E-state index contributed by atoms with van der Waals surface area (Å²) < 4.78 is 30.4. The molecule has 148 valence electrons. The number of para-hydroxylation sites is 1. The highest BCUT2D eigenvalue weighted by atomic mass is 35.5. The van der Waals surface area contributed by atoms with Crippen molar-refractivity contribution < 1.29 is 22.7 Å². The Morgan fingerprint density at radius 2 is 2.00 bits per heavy atom. The molecule has 0 saturated carbocycles. The highest BCUT2D eigenvalue weighted by molar-refractivity contribution is 7.94. The number of sulfonamides is 1. The average molecular weight is 423 g/mol. The molecule has 1 atom stereocenters. The van der Waals surface area contributed by atoms with Gasteiger partial charge in [-0.25, -0.2) is 12.7 Å². The molecule has 0 bridgehead atoms. The van der Waals surface area contributed by atoms with Crippen LogP contribution in [-0.2, 0) is 21.4 Å².